The summed E-state index contributed by atoms with van der Waals surface area (Å²) in [5, 5.41) is 3.61. The van der Waals surface area contributed by atoms with Gasteiger partial charge in [0.05, 0.1) is 0 Å². The average molecular weight is 224 g/mol. The molecule has 0 bridgehead atoms. The van der Waals surface area contributed by atoms with Gasteiger partial charge in [0.15, 0.2) is 0 Å². The summed E-state index contributed by atoms with van der Waals surface area (Å²) in [5.74, 6) is 0.261. The number of carbonyl (C=O) groups excluding carboxylic acids is 1. The van der Waals surface area contributed by atoms with Gasteiger partial charge in [0.25, 0.3) is 0 Å². The molecule has 1 aliphatic heterocycles. The Balaban J connectivity index is 2.13. The van der Waals surface area contributed by atoms with Crippen molar-refractivity contribution >= 4 is 17.5 Å². The zero-order chi connectivity index (χ0) is 10.8. The van der Waals surface area contributed by atoms with E-state index in [9.17, 15) is 4.79 Å². The Morgan fingerprint density at radius 3 is 2.93 bits per heavy atom. The van der Waals surface area contributed by atoms with Crippen LogP contribution < -0.4 is 5.32 Å². The molecule has 0 aromatic heterocycles. The maximum Gasteiger partial charge on any atom is 0.223 e. The first kappa shape index (κ1) is 10.5. The molecule has 1 fully saturated rings. The molecule has 1 saturated heterocycles. The lowest BCUT2D eigenvalue weighted by molar-refractivity contribution is -0.122. The van der Waals surface area contributed by atoms with Crippen LogP contribution in [-0.4, -0.2) is 12.5 Å². The van der Waals surface area contributed by atoms with E-state index in [0.717, 1.165) is 35.5 Å². The van der Waals surface area contributed by atoms with Crippen LogP contribution in [0.1, 0.15) is 17.5 Å². The van der Waals surface area contributed by atoms with E-state index in [1.165, 1.54) is 0 Å². The first-order chi connectivity index (χ1) is 7.16. The van der Waals surface area contributed by atoms with E-state index in [1.54, 1.807) is 0 Å². The maximum atomic E-state index is 11.4. The molecule has 1 aliphatic rings. The molecule has 1 amide bonds. The Morgan fingerprint density at radius 1 is 1.53 bits per heavy atom. The monoisotopic (exact) mass is 223 g/mol. The summed E-state index contributed by atoms with van der Waals surface area (Å²) in [7, 11) is 0. The molecule has 3 heteroatoms. The summed E-state index contributed by atoms with van der Waals surface area (Å²) in [6.45, 7) is 2.81. The molecule has 0 radical (unpaired) electrons. The molecule has 2 nitrogen and oxygen atoms in total. The lowest BCUT2D eigenvalue weighted by atomic mass is 9.97. The minimum atomic E-state index is 0.102. The van der Waals surface area contributed by atoms with Gasteiger partial charge in [0.2, 0.25) is 5.91 Å². The number of amides is 1. The van der Waals surface area contributed by atoms with Gasteiger partial charge in [-0.05, 0) is 37.0 Å². The second kappa shape index (κ2) is 4.23. The molecule has 15 heavy (non-hydrogen) atoms. The quantitative estimate of drug-likeness (QED) is 0.819. The van der Waals surface area contributed by atoms with Crippen LogP contribution in [-0.2, 0) is 11.2 Å². The van der Waals surface area contributed by atoms with Crippen molar-refractivity contribution in [1.29, 1.82) is 0 Å². The van der Waals surface area contributed by atoms with Crippen LogP contribution in [0.15, 0.2) is 18.2 Å². The van der Waals surface area contributed by atoms with Gasteiger partial charge in [0.1, 0.15) is 0 Å². The summed E-state index contributed by atoms with van der Waals surface area (Å²) < 4.78 is 0. The molecule has 0 saturated carbocycles. The molecule has 1 heterocycles. The standard InChI is InChI=1S/C12H14ClNO/c1-8-2-3-9(11(13)6-8)7-10-4-5-14-12(10)15/h2-3,6,10H,4-5,7H2,1H3,(H,14,15). The number of halogens is 1. The van der Waals surface area contributed by atoms with Crippen molar-refractivity contribution in [2.75, 3.05) is 6.54 Å². The number of benzene rings is 1. The van der Waals surface area contributed by atoms with E-state index in [0.29, 0.717) is 0 Å². The Hall–Kier alpha value is -1.02. The minimum Gasteiger partial charge on any atom is -0.356 e. The van der Waals surface area contributed by atoms with Crippen LogP contribution in [0.3, 0.4) is 0 Å². The van der Waals surface area contributed by atoms with Crippen molar-refractivity contribution < 1.29 is 4.79 Å². The smallest absolute Gasteiger partial charge is 0.223 e. The fourth-order valence-corrected chi connectivity index (χ4v) is 2.24. The molecule has 0 spiro atoms. The second-order valence-corrected chi connectivity index (χ2v) is 4.48. The van der Waals surface area contributed by atoms with E-state index in [1.807, 2.05) is 25.1 Å². The van der Waals surface area contributed by atoms with Crippen LogP contribution in [0.5, 0.6) is 0 Å². The molecule has 0 aliphatic carbocycles. The second-order valence-electron chi connectivity index (χ2n) is 4.08. The Morgan fingerprint density at radius 2 is 2.33 bits per heavy atom. The van der Waals surface area contributed by atoms with Crippen molar-refractivity contribution in [2.24, 2.45) is 5.92 Å². The zero-order valence-corrected chi connectivity index (χ0v) is 9.47. The molecular weight excluding hydrogens is 210 g/mol. The number of rotatable bonds is 2. The van der Waals surface area contributed by atoms with Crippen LogP contribution in [0.25, 0.3) is 0 Å². The highest BCUT2D eigenvalue weighted by molar-refractivity contribution is 6.31. The Bertz CT molecular complexity index is 389. The molecule has 80 valence electrons. The van der Waals surface area contributed by atoms with Crippen LogP contribution in [0.2, 0.25) is 5.02 Å². The summed E-state index contributed by atoms with van der Waals surface area (Å²) in [6, 6.07) is 6.00. The zero-order valence-electron chi connectivity index (χ0n) is 8.72. The summed E-state index contributed by atoms with van der Waals surface area (Å²) in [4.78, 5) is 11.4. The van der Waals surface area contributed by atoms with E-state index < -0.39 is 0 Å². The number of nitrogens with one attached hydrogen (secondary N) is 1. The van der Waals surface area contributed by atoms with E-state index in [-0.39, 0.29) is 11.8 Å². The fraction of sp³-hybridized carbons (Fsp3) is 0.417. The third kappa shape index (κ3) is 2.32. The molecule has 2 rings (SSSR count). The molecular formula is C12H14ClNO. The van der Waals surface area contributed by atoms with Crippen LogP contribution in [0.4, 0.5) is 0 Å². The van der Waals surface area contributed by atoms with Gasteiger partial charge in [-0.25, -0.2) is 0 Å². The van der Waals surface area contributed by atoms with Gasteiger partial charge in [-0.1, -0.05) is 23.7 Å². The van der Waals surface area contributed by atoms with Gasteiger partial charge in [0, 0.05) is 17.5 Å². The third-order valence-corrected chi connectivity index (χ3v) is 3.19. The molecule has 1 atom stereocenters. The number of aryl methyl sites for hydroxylation is 1. The van der Waals surface area contributed by atoms with Crippen molar-refractivity contribution in [3.63, 3.8) is 0 Å². The SMILES string of the molecule is Cc1ccc(CC2CCNC2=O)c(Cl)c1. The van der Waals surface area contributed by atoms with E-state index >= 15 is 0 Å². The summed E-state index contributed by atoms with van der Waals surface area (Å²) >= 11 is 6.12. The molecule has 1 N–H and O–H groups in total. The van der Waals surface area contributed by atoms with E-state index in [2.05, 4.69) is 5.32 Å². The molecule has 1 aromatic rings. The van der Waals surface area contributed by atoms with Crippen molar-refractivity contribution in [3.8, 4) is 0 Å². The van der Waals surface area contributed by atoms with Crippen molar-refractivity contribution in [2.45, 2.75) is 19.8 Å². The lowest BCUT2D eigenvalue weighted by Crippen LogP contribution is -2.20. The first-order valence-electron chi connectivity index (χ1n) is 5.19. The topological polar surface area (TPSA) is 29.1 Å². The van der Waals surface area contributed by atoms with Crippen molar-refractivity contribution in [3.05, 3.63) is 34.3 Å². The Kier molecular flexibility index (Phi) is 2.96. The predicted molar refractivity (Wildman–Crippen MR) is 61.0 cm³/mol. The third-order valence-electron chi connectivity index (χ3n) is 2.84. The lowest BCUT2D eigenvalue weighted by Gasteiger charge is -2.09. The van der Waals surface area contributed by atoms with Gasteiger partial charge in [-0.3, -0.25) is 4.79 Å². The van der Waals surface area contributed by atoms with Gasteiger partial charge < -0.3 is 5.32 Å². The van der Waals surface area contributed by atoms with Gasteiger partial charge in [-0.2, -0.15) is 0 Å². The predicted octanol–water partition coefficient (Wildman–Crippen LogP) is 2.33. The largest absolute Gasteiger partial charge is 0.356 e. The average Bonchev–Trinajstić information content (AvgIpc) is 2.57. The number of hydrogen-bond acceptors (Lipinski definition) is 1. The highest BCUT2D eigenvalue weighted by Crippen LogP contribution is 2.23. The fourth-order valence-electron chi connectivity index (χ4n) is 1.92. The minimum absolute atomic E-state index is 0.102. The molecule has 1 unspecified atom stereocenters. The highest BCUT2D eigenvalue weighted by Gasteiger charge is 2.24. The first-order valence-corrected chi connectivity index (χ1v) is 5.57. The highest BCUT2D eigenvalue weighted by atomic mass is 35.5. The van der Waals surface area contributed by atoms with E-state index in [4.69, 9.17) is 11.6 Å². The van der Waals surface area contributed by atoms with Crippen LogP contribution >= 0.6 is 11.6 Å². The van der Waals surface area contributed by atoms with Crippen LogP contribution in [0, 0.1) is 12.8 Å². The normalized spacial score (nSPS) is 20.4. The molecule has 1 aromatic carbocycles. The summed E-state index contributed by atoms with van der Waals surface area (Å²) in [6.07, 6.45) is 1.67. The number of carbonyl (C=O) groups is 1. The van der Waals surface area contributed by atoms with Crippen molar-refractivity contribution in [1.82, 2.24) is 5.32 Å². The van der Waals surface area contributed by atoms with Gasteiger partial charge in [-0.15, -0.1) is 0 Å². The van der Waals surface area contributed by atoms with Gasteiger partial charge >= 0.3 is 0 Å². The maximum absolute atomic E-state index is 11.4. The number of hydrogen-bond donors (Lipinski definition) is 1. The summed E-state index contributed by atoms with van der Waals surface area (Å²) in [5.41, 5.74) is 2.23. The Labute approximate surface area is 94.6 Å².